The second-order valence-electron chi connectivity index (χ2n) is 5.78. The molecule has 0 aromatic carbocycles. The number of carbonyl (C=O) groups excluding carboxylic acids is 1. The van der Waals surface area contributed by atoms with Crippen LogP contribution in [-0.4, -0.2) is 88.1 Å². The van der Waals surface area contributed by atoms with E-state index >= 15 is 0 Å². The van der Waals surface area contributed by atoms with Crippen LogP contribution in [-0.2, 0) is 19.0 Å². The van der Waals surface area contributed by atoms with Crippen LogP contribution in [0.15, 0.2) is 0 Å². The molecule has 1 saturated heterocycles. The summed E-state index contributed by atoms with van der Waals surface area (Å²) >= 11 is 0. The maximum atomic E-state index is 11.6. The molecule has 5 N–H and O–H groups in total. The number of unbranched alkanes of at least 4 members (excludes halogenated alkanes) is 2. The summed E-state index contributed by atoms with van der Waals surface area (Å²) in [7, 11) is 0. The maximum absolute atomic E-state index is 11.6. The highest BCUT2D eigenvalue weighted by Gasteiger charge is 2.45. The van der Waals surface area contributed by atoms with Crippen LogP contribution in [0.4, 0.5) is 0 Å². The predicted molar refractivity (Wildman–Crippen MR) is 80.8 cm³/mol. The minimum Gasteiger partial charge on any atom is -0.463 e. The summed E-state index contributed by atoms with van der Waals surface area (Å²) < 4.78 is 15.5. The van der Waals surface area contributed by atoms with Gasteiger partial charge in [-0.25, -0.2) is 0 Å². The molecule has 1 heterocycles. The first-order valence-corrected chi connectivity index (χ1v) is 8.17. The number of aliphatic hydroxyl groups is 5. The molecule has 24 heavy (non-hydrogen) atoms. The number of hydrogen-bond donors (Lipinski definition) is 5. The van der Waals surface area contributed by atoms with Gasteiger partial charge in [-0.2, -0.15) is 0 Å². The predicted octanol–water partition coefficient (Wildman–Crippen LogP) is -1.71. The highest BCUT2D eigenvalue weighted by molar-refractivity contribution is 5.69. The second-order valence-corrected chi connectivity index (χ2v) is 5.78. The van der Waals surface area contributed by atoms with Crippen molar-refractivity contribution in [1.82, 2.24) is 0 Å². The molecule has 0 aliphatic carbocycles. The standard InChI is InChI=1S/C15H28O9/c1-2-3-4-5-11(18)22-8-10-12(19)13(20)14(21)15(24-10)23-9(6-16)7-17/h9-10,12-17,19-21H,2-8H2,1H3/t10-,12-,13+,14-,15+/m1/s1. The van der Waals surface area contributed by atoms with E-state index in [0.717, 1.165) is 12.8 Å². The number of hydrogen-bond acceptors (Lipinski definition) is 9. The lowest BCUT2D eigenvalue weighted by atomic mass is 9.99. The molecule has 0 saturated carbocycles. The molecule has 0 aromatic rings. The Bertz CT molecular complexity index is 361. The van der Waals surface area contributed by atoms with E-state index in [-0.39, 0.29) is 13.0 Å². The van der Waals surface area contributed by atoms with Gasteiger partial charge in [-0.3, -0.25) is 4.79 Å². The summed E-state index contributed by atoms with van der Waals surface area (Å²) in [5.41, 5.74) is 0. The number of aliphatic hydroxyl groups excluding tert-OH is 5. The summed E-state index contributed by atoms with van der Waals surface area (Å²) in [5.74, 6) is -0.444. The lowest BCUT2D eigenvalue weighted by Gasteiger charge is -2.40. The summed E-state index contributed by atoms with van der Waals surface area (Å²) in [6.07, 6.45) is -5.28. The van der Waals surface area contributed by atoms with Crippen molar-refractivity contribution in [3.05, 3.63) is 0 Å². The van der Waals surface area contributed by atoms with Crippen molar-refractivity contribution in [2.24, 2.45) is 0 Å². The van der Waals surface area contributed by atoms with Gasteiger partial charge in [0.25, 0.3) is 0 Å². The Hall–Kier alpha value is -0.810. The minimum absolute atomic E-state index is 0.249. The Morgan fingerprint density at radius 1 is 1.08 bits per heavy atom. The Morgan fingerprint density at radius 2 is 1.75 bits per heavy atom. The van der Waals surface area contributed by atoms with Crippen LogP contribution in [0.3, 0.4) is 0 Å². The van der Waals surface area contributed by atoms with Gasteiger partial charge in [0, 0.05) is 6.42 Å². The van der Waals surface area contributed by atoms with E-state index in [0.29, 0.717) is 6.42 Å². The first-order chi connectivity index (χ1) is 11.4. The van der Waals surface area contributed by atoms with E-state index in [1.54, 1.807) is 0 Å². The highest BCUT2D eigenvalue weighted by Crippen LogP contribution is 2.23. The molecular formula is C15H28O9. The molecule has 9 nitrogen and oxygen atoms in total. The van der Waals surface area contributed by atoms with Crippen molar-refractivity contribution < 1.29 is 44.5 Å². The molecule has 0 spiro atoms. The van der Waals surface area contributed by atoms with Gasteiger partial charge in [-0.1, -0.05) is 19.8 Å². The van der Waals surface area contributed by atoms with Crippen molar-refractivity contribution >= 4 is 5.97 Å². The van der Waals surface area contributed by atoms with Gasteiger partial charge in [0.15, 0.2) is 6.29 Å². The molecule has 0 amide bonds. The van der Waals surface area contributed by atoms with E-state index in [4.69, 9.17) is 24.4 Å². The van der Waals surface area contributed by atoms with Gasteiger partial charge in [-0.15, -0.1) is 0 Å². The summed E-state index contributed by atoms with van der Waals surface area (Å²) in [4.78, 5) is 11.6. The summed E-state index contributed by atoms with van der Waals surface area (Å²) in [6, 6.07) is 0. The normalized spacial score (nSPS) is 30.5. The molecular weight excluding hydrogens is 324 g/mol. The second kappa shape index (κ2) is 10.9. The van der Waals surface area contributed by atoms with Crippen LogP contribution >= 0.6 is 0 Å². The van der Waals surface area contributed by atoms with E-state index in [1.807, 2.05) is 6.92 Å². The maximum Gasteiger partial charge on any atom is 0.305 e. The summed E-state index contributed by atoms with van der Waals surface area (Å²) in [5, 5.41) is 47.6. The van der Waals surface area contributed by atoms with E-state index in [2.05, 4.69) is 0 Å². The molecule has 0 unspecified atom stereocenters. The molecule has 0 radical (unpaired) electrons. The average Bonchev–Trinajstić information content (AvgIpc) is 2.58. The molecule has 1 aliphatic heterocycles. The first kappa shape index (κ1) is 21.2. The minimum atomic E-state index is -1.58. The van der Waals surface area contributed by atoms with Crippen molar-refractivity contribution in [2.45, 2.75) is 69.4 Å². The van der Waals surface area contributed by atoms with Crippen molar-refractivity contribution in [3.8, 4) is 0 Å². The quantitative estimate of drug-likeness (QED) is 0.229. The zero-order chi connectivity index (χ0) is 18.1. The average molecular weight is 352 g/mol. The molecule has 9 heteroatoms. The number of carbonyl (C=O) groups is 1. The molecule has 0 aromatic heterocycles. The van der Waals surface area contributed by atoms with Gasteiger partial charge < -0.3 is 39.7 Å². The van der Waals surface area contributed by atoms with Crippen LogP contribution in [0.2, 0.25) is 0 Å². The fraction of sp³-hybridized carbons (Fsp3) is 0.933. The van der Waals surface area contributed by atoms with Crippen LogP contribution in [0.5, 0.6) is 0 Å². The number of ether oxygens (including phenoxy) is 3. The highest BCUT2D eigenvalue weighted by atomic mass is 16.7. The third-order valence-corrected chi connectivity index (χ3v) is 3.80. The monoisotopic (exact) mass is 352 g/mol. The molecule has 0 bridgehead atoms. The smallest absolute Gasteiger partial charge is 0.305 e. The third-order valence-electron chi connectivity index (χ3n) is 3.80. The summed E-state index contributed by atoms with van der Waals surface area (Å²) in [6.45, 7) is 0.673. The zero-order valence-electron chi connectivity index (χ0n) is 13.8. The van der Waals surface area contributed by atoms with Gasteiger partial charge in [0.2, 0.25) is 0 Å². The van der Waals surface area contributed by atoms with Gasteiger partial charge in [-0.05, 0) is 6.42 Å². The Morgan fingerprint density at radius 3 is 2.33 bits per heavy atom. The largest absolute Gasteiger partial charge is 0.463 e. The fourth-order valence-electron chi connectivity index (χ4n) is 2.27. The SMILES string of the molecule is CCCCCC(=O)OC[C@H]1O[C@H](OC(CO)CO)[C@H](O)[C@@H](O)[C@@H]1O. The number of esters is 1. The van der Waals surface area contributed by atoms with Crippen molar-refractivity contribution in [3.63, 3.8) is 0 Å². The Labute approximate surface area is 140 Å². The van der Waals surface area contributed by atoms with Crippen LogP contribution < -0.4 is 0 Å². The van der Waals surface area contributed by atoms with E-state index in [9.17, 15) is 20.1 Å². The van der Waals surface area contributed by atoms with Crippen LogP contribution in [0, 0.1) is 0 Å². The Kier molecular flexibility index (Phi) is 9.67. The molecule has 1 rings (SSSR count). The Balaban J connectivity index is 2.54. The first-order valence-electron chi connectivity index (χ1n) is 8.17. The van der Waals surface area contributed by atoms with Gasteiger partial charge in [0.1, 0.15) is 37.1 Å². The zero-order valence-corrected chi connectivity index (χ0v) is 13.8. The van der Waals surface area contributed by atoms with Crippen LogP contribution in [0.1, 0.15) is 32.6 Å². The van der Waals surface area contributed by atoms with Gasteiger partial charge in [0.05, 0.1) is 13.2 Å². The lowest BCUT2D eigenvalue weighted by Crippen LogP contribution is -2.60. The molecule has 1 aliphatic rings. The van der Waals surface area contributed by atoms with Crippen molar-refractivity contribution in [2.75, 3.05) is 19.8 Å². The van der Waals surface area contributed by atoms with Crippen molar-refractivity contribution in [1.29, 1.82) is 0 Å². The third kappa shape index (κ3) is 6.25. The molecule has 1 fully saturated rings. The topological polar surface area (TPSA) is 146 Å². The van der Waals surface area contributed by atoms with E-state index < -0.39 is 56.0 Å². The molecule has 5 atom stereocenters. The lowest BCUT2D eigenvalue weighted by molar-refractivity contribution is -0.315. The number of rotatable bonds is 10. The molecule has 142 valence electrons. The van der Waals surface area contributed by atoms with Gasteiger partial charge >= 0.3 is 5.97 Å². The van der Waals surface area contributed by atoms with E-state index in [1.165, 1.54) is 0 Å². The fourth-order valence-corrected chi connectivity index (χ4v) is 2.27. The van der Waals surface area contributed by atoms with Crippen LogP contribution in [0.25, 0.3) is 0 Å².